The summed E-state index contributed by atoms with van der Waals surface area (Å²) in [6.07, 6.45) is 2.69. The number of rotatable bonds is 4. The van der Waals surface area contributed by atoms with Crippen LogP contribution in [0.5, 0.6) is 0 Å². The Hall–Kier alpha value is -1.78. The Morgan fingerprint density at radius 3 is 2.71 bits per heavy atom. The lowest BCUT2D eigenvalue weighted by Gasteiger charge is -2.21. The third-order valence-electron chi connectivity index (χ3n) is 5.27. The molecule has 164 valence electrons. The molecule has 2 N–H and O–H groups in total. The van der Waals surface area contributed by atoms with E-state index in [1.54, 1.807) is 24.4 Å². The fourth-order valence-corrected chi connectivity index (χ4v) is 5.79. The molecule has 1 aromatic heterocycles. The number of halogens is 3. The molecule has 1 unspecified atom stereocenters. The van der Waals surface area contributed by atoms with Crippen molar-refractivity contribution >= 4 is 37.6 Å². The number of hydrogen-bond acceptors (Lipinski definition) is 4. The topological polar surface area (TPSA) is 86.3 Å². The zero-order valence-corrected chi connectivity index (χ0v) is 19.5. The van der Waals surface area contributed by atoms with Gasteiger partial charge in [-0.05, 0) is 65.5 Å². The number of nitrogens with zero attached hydrogens (tertiary/aromatic N) is 2. The normalized spacial score (nSPS) is 18.1. The average Bonchev–Trinajstić information content (AvgIpc) is 3.12. The van der Waals surface area contributed by atoms with E-state index in [0.717, 1.165) is 0 Å². The molecule has 31 heavy (non-hydrogen) atoms. The molecule has 4 rings (SSSR count). The molecule has 2 aromatic carbocycles. The van der Waals surface area contributed by atoms with E-state index in [0.29, 0.717) is 52.9 Å². The van der Waals surface area contributed by atoms with Crippen LogP contribution in [0.2, 0.25) is 5.02 Å². The SMILES string of the molecule is O=S(=O)(c1cc(-c2nc(-c3ccc(Br)c(F)c3)c[nH]2)ccc1Cl)N1CCCC(O)CC1. The van der Waals surface area contributed by atoms with Crippen molar-refractivity contribution in [2.75, 3.05) is 13.1 Å². The van der Waals surface area contributed by atoms with Crippen molar-refractivity contribution in [3.8, 4) is 22.6 Å². The van der Waals surface area contributed by atoms with E-state index in [2.05, 4.69) is 25.9 Å². The Balaban J connectivity index is 1.67. The van der Waals surface area contributed by atoms with Crippen LogP contribution in [0.4, 0.5) is 4.39 Å². The second kappa shape index (κ2) is 8.99. The Bertz CT molecular complexity index is 1220. The van der Waals surface area contributed by atoms with Crippen molar-refractivity contribution in [2.45, 2.75) is 30.3 Å². The van der Waals surface area contributed by atoms with Gasteiger partial charge in [0, 0.05) is 30.4 Å². The van der Waals surface area contributed by atoms with E-state index in [1.807, 2.05) is 0 Å². The summed E-state index contributed by atoms with van der Waals surface area (Å²) < 4.78 is 42.1. The molecule has 6 nitrogen and oxygen atoms in total. The third kappa shape index (κ3) is 4.70. The number of benzene rings is 2. The van der Waals surface area contributed by atoms with E-state index in [9.17, 15) is 17.9 Å². The molecule has 1 aliphatic heterocycles. The van der Waals surface area contributed by atoms with Crippen molar-refractivity contribution in [1.29, 1.82) is 0 Å². The summed E-state index contributed by atoms with van der Waals surface area (Å²) in [6, 6.07) is 9.40. The Morgan fingerprint density at radius 2 is 1.94 bits per heavy atom. The molecule has 0 radical (unpaired) electrons. The van der Waals surface area contributed by atoms with Gasteiger partial charge in [0.25, 0.3) is 0 Å². The Kier molecular flexibility index (Phi) is 6.50. The minimum absolute atomic E-state index is 0.00399. The highest BCUT2D eigenvalue weighted by Gasteiger charge is 2.29. The lowest BCUT2D eigenvalue weighted by molar-refractivity contribution is 0.159. The van der Waals surface area contributed by atoms with Gasteiger partial charge in [-0.1, -0.05) is 17.7 Å². The summed E-state index contributed by atoms with van der Waals surface area (Å²) in [7, 11) is -3.83. The molecule has 1 aliphatic rings. The molecular formula is C21H20BrClFN3O3S. The van der Waals surface area contributed by atoms with Crippen LogP contribution in [0.15, 0.2) is 52.0 Å². The van der Waals surface area contributed by atoms with E-state index in [4.69, 9.17) is 11.6 Å². The average molecular weight is 529 g/mol. The van der Waals surface area contributed by atoms with Crippen LogP contribution < -0.4 is 0 Å². The highest BCUT2D eigenvalue weighted by Crippen LogP contribution is 2.31. The molecule has 10 heteroatoms. The van der Waals surface area contributed by atoms with Crippen molar-refractivity contribution < 1.29 is 17.9 Å². The maximum Gasteiger partial charge on any atom is 0.244 e. The van der Waals surface area contributed by atoms with Crippen LogP contribution in [-0.4, -0.2) is 47.0 Å². The van der Waals surface area contributed by atoms with Gasteiger partial charge in [0.1, 0.15) is 16.5 Å². The molecule has 0 saturated carbocycles. The molecule has 1 saturated heterocycles. The van der Waals surface area contributed by atoms with Crippen LogP contribution in [0.3, 0.4) is 0 Å². The second-order valence-corrected chi connectivity index (χ2v) is 10.6. The third-order valence-corrected chi connectivity index (χ3v) is 8.30. The van der Waals surface area contributed by atoms with Crippen molar-refractivity contribution in [3.63, 3.8) is 0 Å². The summed E-state index contributed by atoms with van der Waals surface area (Å²) in [4.78, 5) is 7.50. The van der Waals surface area contributed by atoms with Gasteiger partial charge >= 0.3 is 0 Å². The molecule has 0 amide bonds. The van der Waals surface area contributed by atoms with Crippen LogP contribution in [0.25, 0.3) is 22.6 Å². The van der Waals surface area contributed by atoms with Gasteiger partial charge in [-0.2, -0.15) is 4.31 Å². The molecule has 1 atom stereocenters. The summed E-state index contributed by atoms with van der Waals surface area (Å²) in [5.74, 6) is 0.0437. The Morgan fingerprint density at radius 1 is 1.16 bits per heavy atom. The van der Waals surface area contributed by atoms with E-state index in [1.165, 1.54) is 22.5 Å². The first-order valence-corrected chi connectivity index (χ1v) is 12.4. The largest absolute Gasteiger partial charge is 0.393 e. The van der Waals surface area contributed by atoms with Crippen LogP contribution in [0.1, 0.15) is 19.3 Å². The minimum Gasteiger partial charge on any atom is -0.393 e. The number of aliphatic hydroxyl groups is 1. The van der Waals surface area contributed by atoms with Gasteiger partial charge in [-0.25, -0.2) is 17.8 Å². The number of aliphatic hydroxyl groups excluding tert-OH is 1. The number of nitrogens with one attached hydrogen (secondary N) is 1. The van der Waals surface area contributed by atoms with Gasteiger partial charge in [0.2, 0.25) is 10.0 Å². The Labute approximate surface area is 193 Å². The summed E-state index contributed by atoms with van der Waals surface area (Å²) in [5.41, 5.74) is 1.66. The standard InChI is InChI=1S/C21H20BrClFN3O3S/c22-16-5-3-13(10-18(16)24)19-12-25-21(26-19)14-4-6-17(23)20(11-14)31(29,30)27-8-1-2-15(28)7-9-27/h3-6,10-12,15,28H,1-2,7-9H2,(H,25,26). The summed E-state index contributed by atoms with van der Waals surface area (Å²) in [5, 5.41) is 9.95. The molecule has 0 spiro atoms. The first kappa shape index (κ1) is 22.4. The van der Waals surface area contributed by atoms with Crippen molar-refractivity contribution in [3.05, 3.63) is 57.9 Å². The van der Waals surface area contributed by atoms with Crippen LogP contribution >= 0.6 is 27.5 Å². The monoisotopic (exact) mass is 527 g/mol. The molecule has 1 fully saturated rings. The van der Waals surface area contributed by atoms with Gasteiger partial charge in [-0.3, -0.25) is 0 Å². The molecular weight excluding hydrogens is 509 g/mol. The number of imidazole rings is 1. The maximum atomic E-state index is 13.9. The van der Waals surface area contributed by atoms with Gasteiger partial charge in [0.05, 0.1) is 21.3 Å². The van der Waals surface area contributed by atoms with E-state index >= 15 is 0 Å². The lowest BCUT2D eigenvalue weighted by Crippen LogP contribution is -2.32. The van der Waals surface area contributed by atoms with Gasteiger partial charge < -0.3 is 10.1 Å². The van der Waals surface area contributed by atoms with Crippen molar-refractivity contribution in [2.24, 2.45) is 0 Å². The second-order valence-electron chi connectivity index (χ2n) is 7.40. The fourth-order valence-electron chi connectivity index (χ4n) is 3.55. The zero-order valence-electron chi connectivity index (χ0n) is 16.4. The molecule has 2 heterocycles. The molecule has 0 bridgehead atoms. The predicted molar refractivity (Wildman–Crippen MR) is 121 cm³/mol. The van der Waals surface area contributed by atoms with Crippen molar-refractivity contribution in [1.82, 2.24) is 14.3 Å². The fraction of sp³-hybridized carbons (Fsp3) is 0.286. The lowest BCUT2D eigenvalue weighted by atomic mass is 10.2. The van der Waals surface area contributed by atoms with Crippen LogP contribution in [-0.2, 0) is 10.0 Å². The predicted octanol–water partition coefficient (Wildman–Crippen LogP) is 4.83. The number of hydrogen-bond donors (Lipinski definition) is 2. The highest BCUT2D eigenvalue weighted by atomic mass is 79.9. The first-order chi connectivity index (χ1) is 14.8. The molecule has 0 aliphatic carbocycles. The van der Waals surface area contributed by atoms with Crippen LogP contribution in [0, 0.1) is 5.82 Å². The molecule has 3 aromatic rings. The summed E-state index contributed by atoms with van der Waals surface area (Å²) in [6.45, 7) is 0.573. The van der Waals surface area contributed by atoms with E-state index in [-0.39, 0.29) is 16.5 Å². The zero-order chi connectivity index (χ0) is 22.2. The number of aromatic nitrogens is 2. The minimum atomic E-state index is -3.83. The summed E-state index contributed by atoms with van der Waals surface area (Å²) >= 11 is 9.39. The number of aromatic amines is 1. The maximum absolute atomic E-state index is 13.9. The first-order valence-electron chi connectivity index (χ1n) is 9.74. The van der Waals surface area contributed by atoms with E-state index < -0.39 is 21.9 Å². The quantitative estimate of drug-likeness (QED) is 0.508. The van der Waals surface area contributed by atoms with Gasteiger partial charge in [-0.15, -0.1) is 0 Å². The smallest absolute Gasteiger partial charge is 0.244 e. The van der Waals surface area contributed by atoms with Gasteiger partial charge in [0.15, 0.2) is 0 Å². The number of H-pyrrole nitrogens is 1. The number of sulfonamides is 1. The highest BCUT2D eigenvalue weighted by molar-refractivity contribution is 9.10.